The van der Waals surface area contributed by atoms with Crippen molar-refractivity contribution < 1.29 is 0 Å². The summed E-state index contributed by atoms with van der Waals surface area (Å²) >= 11 is 0. The number of nitrogens with zero attached hydrogens (tertiary/aromatic N) is 2. The third kappa shape index (κ3) is 3.78. The van der Waals surface area contributed by atoms with Gasteiger partial charge in [-0.25, -0.2) is 0 Å². The third-order valence-corrected chi connectivity index (χ3v) is 1.01. The fourth-order valence-electron chi connectivity index (χ4n) is 0.303. The van der Waals surface area contributed by atoms with Gasteiger partial charge in [0.2, 0.25) is 0 Å². The van der Waals surface area contributed by atoms with E-state index in [0.717, 1.165) is 13.0 Å². The molecule has 0 saturated heterocycles. The molecule has 0 aromatic rings. The topological polar surface area (TPSA) is 24.7 Å². The Balaban J connectivity index is 3.21. The fourth-order valence-corrected chi connectivity index (χ4v) is 0.303. The van der Waals surface area contributed by atoms with E-state index in [0.29, 0.717) is 6.04 Å². The minimum atomic E-state index is 0.412. The first-order chi connectivity index (χ1) is 3.81. The van der Waals surface area contributed by atoms with Crippen LogP contribution in [0, 0.1) is 0 Å². The van der Waals surface area contributed by atoms with E-state index in [1.807, 2.05) is 6.92 Å². The minimum Gasteiger partial charge on any atom is -0.194 e. The lowest BCUT2D eigenvalue weighted by Gasteiger charge is -1.95. The van der Waals surface area contributed by atoms with Crippen molar-refractivity contribution in [1.29, 1.82) is 0 Å². The highest BCUT2D eigenvalue weighted by atomic mass is 15.1. The quantitative estimate of drug-likeness (QED) is 0.503. The van der Waals surface area contributed by atoms with Gasteiger partial charge in [-0.3, -0.25) is 0 Å². The molecule has 2 nitrogen and oxygen atoms in total. The molecule has 48 valence electrons. The standard InChI is InChI=1S/C6H14N2/c1-4-6(3)8-7-5-2/h6H,4-5H2,1-3H3. The Morgan fingerprint density at radius 2 is 2.00 bits per heavy atom. The van der Waals surface area contributed by atoms with Crippen molar-refractivity contribution in [1.82, 2.24) is 0 Å². The molecule has 8 heavy (non-hydrogen) atoms. The first kappa shape index (κ1) is 7.60. The summed E-state index contributed by atoms with van der Waals surface area (Å²) in [5.41, 5.74) is 0. The van der Waals surface area contributed by atoms with Crippen LogP contribution < -0.4 is 0 Å². The van der Waals surface area contributed by atoms with Crippen LogP contribution in [0.3, 0.4) is 0 Å². The smallest absolute Gasteiger partial charge is 0.0677 e. The molecular formula is C6H14N2. The molecule has 0 saturated carbocycles. The summed E-state index contributed by atoms with van der Waals surface area (Å²) in [5, 5.41) is 7.85. The maximum absolute atomic E-state index is 3.99. The lowest BCUT2D eigenvalue weighted by molar-refractivity contribution is 0.662. The molecule has 2 heteroatoms. The van der Waals surface area contributed by atoms with Crippen LogP contribution in [0.4, 0.5) is 0 Å². The van der Waals surface area contributed by atoms with Crippen LogP contribution in [0.2, 0.25) is 0 Å². The molecule has 0 aromatic heterocycles. The van der Waals surface area contributed by atoms with Gasteiger partial charge in [0, 0.05) is 0 Å². The van der Waals surface area contributed by atoms with E-state index < -0.39 is 0 Å². The Labute approximate surface area is 51.0 Å². The van der Waals surface area contributed by atoms with Gasteiger partial charge in [-0.2, -0.15) is 10.2 Å². The Morgan fingerprint density at radius 1 is 1.38 bits per heavy atom. The molecule has 0 N–H and O–H groups in total. The first-order valence-electron chi connectivity index (χ1n) is 3.17. The van der Waals surface area contributed by atoms with Crippen molar-refractivity contribution in [2.24, 2.45) is 10.2 Å². The molecule has 0 aliphatic carbocycles. The van der Waals surface area contributed by atoms with Gasteiger partial charge in [-0.15, -0.1) is 0 Å². The summed E-state index contributed by atoms with van der Waals surface area (Å²) in [6.45, 7) is 6.98. The van der Waals surface area contributed by atoms with E-state index in [9.17, 15) is 0 Å². The van der Waals surface area contributed by atoms with E-state index in [2.05, 4.69) is 24.1 Å². The minimum absolute atomic E-state index is 0.412. The highest BCUT2D eigenvalue weighted by Gasteiger charge is 1.89. The Bertz CT molecular complexity index is 68.9. The van der Waals surface area contributed by atoms with E-state index in [-0.39, 0.29) is 0 Å². The van der Waals surface area contributed by atoms with Crippen molar-refractivity contribution >= 4 is 0 Å². The van der Waals surface area contributed by atoms with Gasteiger partial charge >= 0.3 is 0 Å². The Morgan fingerprint density at radius 3 is 2.38 bits per heavy atom. The van der Waals surface area contributed by atoms with Crippen LogP contribution in [0.25, 0.3) is 0 Å². The van der Waals surface area contributed by atoms with E-state index in [1.54, 1.807) is 0 Å². The van der Waals surface area contributed by atoms with Gasteiger partial charge in [-0.1, -0.05) is 6.92 Å². The molecule has 1 atom stereocenters. The normalized spacial score (nSPS) is 14.9. The van der Waals surface area contributed by atoms with Gasteiger partial charge in [-0.05, 0) is 20.3 Å². The molecular weight excluding hydrogens is 100 g/mol. The molecule has 0 aromatic carbocycles. The summed E-state index contributed by atoms with van der Waals surface area (Å²) in [6, 6.07) is 0.412. The van der Waals surface area contributed by atoms with Crippen molar-refractivity contribution in [2.75, 3.05) is 6.54 Å². The number of rotatable bonds is 3. The molecule has 0 spiro atoms. The molecule has 0 rings (SSSR count). The molecule has 1 unspecified atom stereocenters. The summed E-state index contributed by atoms with van der Waals surface area (Å²) in [7, 11) is 0. The average molecular weight is 114 g/mol. The van der Waals surface area contributed by atoms with Crippen LogP contribution in [-0.4, -0.2) is 12.6 Å². The molecule has 0 fully saturated rings. The predicted molar refractivity (Wildman–Crippen MR) is 35.1 cm³/mol. The molecule has 0 bridgehead atoms. The zero-order valence-corrected chi connectivity index (χ0v) is 5.89. The number of hydrogen-bond donors (Lipinski definition) is 0. The number of hydrogen-bond acceptors (Lipinski definition) is 2. The highest BCUT2D eigenvalue weighted by Crippen LogP contribution is 1.94. The predicted octanol–water partition coefficient (Wildman–Crippen LogP) is 2.26. The second-order valence-corrected chi connectivity index (χ2v) is 1.83. The lowest BCUT2D eigenvalue weighted by Crippen LogP contribution is -1.91. The second kappa shape index (κ2) is 4.75. The van der Waals surface area contributed by atoms with Gasteiger partial charge in [0.25, 0.3) is 0 Å². The second-order valence-electron chi connectivity index (χ2n) is 1.83. The SMILES string of the molecule is CCN=NC(C)CC. The van der Waals surface area contributed by atoms with Crippen molar-refractivity contribution in [3.05, 3.63) is 0 Å². The van der Waals surface area contributed by atoms with E-state index >= 15 is 0 Å². The van der Waals surface area contributed by atoms with Crippen molar-refractivity contribution in [3.63, 3.8) is 0 Å². The molecule has 0 amide bonds. The van der Waals surface area contributed by atoms with Crippen LogP contribution >= 0.6 is 0 Å². The van der Waals surface area contributed by atoms with Gasteiger partial charge < -0.3 is 0 Å². The summed E-state index contributed by atoms with van der Waals surface area (Å²) in [6.07, 6.45) is 1.09. The Kier molecular flexibility index (Phi) is 4.51. The monoisotopic (exact) mass is 114 g/mol. The van der Waals surface area contributed by atoms with E-state index in [4.69, 9.17) is 0 Å². The maximum atomic E-state index is 3.99. The lowest BCUT2D eigenvalue weighted by atomic mass is 10.3. The first-order valence-corrected chi connectivity index (χ1v) is 3.17. The molecule has 0 radical (unpaired) electrons. The average Bonchev–Trinajstić information content (AvgIpc) is 1.83. The maximum Gasteiger partial charge on any atom is 0.0677 e. The van der Waals surface area contributed by atoms with Gasteiger partial charge in [0.15, 0.2) is 0 Å². The summed E-state index contributed by atoms with van der Waals surface area (Å²) < 4.78 is 0. The van der Waals surface area contributed by atoms with Crippen molar-refractivity contribution in [3.8, 4) is 0 Å². The van der Waals surface area contributed by atoms with Crippen LogP contribution in [0.15, 0.2) is 10.2 Å². The molecule has 0 aliphatic heterocycles. The highest BCUT2D eigenvalue weighted by molar-refractivity contribution is 4.50. The van der Waals surface area contributed by atoms with Crippen LogP contribution in [0.1, 0.15) is 27.2 Å². The summed E-state index contributed by atoms with van der Waals surface area (Å²) in [5.74, 6) is 0. The number of azo groups is 1. The largest absolute Gasteiger partial charge is 0.194 e. The summed E-state index contributed by atoms with van der Waals surface area (Å²) in [4.78, 5) is 0. The molecule has 0 heterocycles. The fraction of sp³-hybridized carbons (Fsp3) is 1.00. The van der Waals surface area contributed by atoms with Gasteiger partial charge in [0.1, 0.15) is 0 Å². The third-order valence-electron chi connectivity index (χ3n) is 1.01. The van der Waals surface area contributed by atoms with Crippen molar-refractivity contribution in [2.45, 2.75) is 33.2 Å². The van der Waals surface area contributed by atoms with Gasteiger partial charge in [0.05, 0.1) is 12.6 Å². The van der Waals surface area contributed by atoms with Crippen LogP contribution in [0.5, 0.6) is 0 Å². The Hall–Kier alpha value is -0.400. The zero-order valence-electron chi connectivity index (χ0n) is 5.89. The molecule has 0 aliphatic rings. The van der Waals surface area contributed by atoms with E-state index in [1.165, 1.54) is 0 Å². The zero-order chi connectivity index (χ0) is 6.41. The van der Waals surface area contributed by atoms with Crippen LogP contribution in [-0.2, 0) is 0 Å².